The van der Waals surface area contributed by atoms with E-state index in [9.17, 15) is 4.79 Å². The SMILES string of the molecule is CCNC(=NCc1ccc(N2CCOC(C)C2)nc1)NCC(=O)NC(C)(C)C. The summed E-state index contributed by atoms with van der Waals surface area (Å²) in [6.07, 6.45) is 2.08. The molecule has 28 heavy (non-hydrogen) atoms. The Balaban J connectivity index is 1.90. The van der Waals surface area contributed by atoms with Gasteiger partial charge in [0.15, 0.2) is 5.96 Å². The van der Waals surface area contributed by atoms with Gasteiger partial charge in [0.2, 0.25) is 5.91 Å². The maximum atomic E-state index is 12.0. The first-order valence-corrected chi connectivity index (χ1v) is 9.91. The summed E-state index contributed by atoms with van der Waals surface area (Å²) in [5.74, 6) is 1.51. The fraction of sp³-hybridized carbons (Fsp3) is 0.650. The van der Waals surface area contributed by atoms with Crippen molar-refractivity contribution in [1.29, 1.82) is 0 Å². The second-order valence-corrected chi connectivity index (χ2v) is 8.00. The van der Waals surface area contributed by atoms with Crippen molar-refractivity contribution < 1.29 is 9.53 Å². The van der Waals surface area contributed by atoms with Crippen LogP contribution in [0.5, 0.6) is 0 Å². The minimum Gasteiger partial charge on any atom is -0.375 e. The highest BCUT2D eigenvalue weighted by Crippen LogP contribution is 2.15. The van der Waals surface area contributed by atoms with E-state index in [4.69, 9.17) is 4.74 Å². The van der Waals surface area contributed by atoms with Crippen LogP contribution in [0.1, 0.15) is 40.2 Å². The van der Waals surface area contributed by atoms with E-state index in [1.165, 1.54) is 0 Å². The third kappa shape index (κ3) is 7.72. The molecule has 1 atom stereocenters. The lowest BCUT2D eigenvalue weighted by Crippen LogP contribution is -2.48. The Morgan fingerprint density at radius 1 is 1.36 bits per heavy atom. The van der Waals surface area contributed by atoms with E-state index in [1.807, 2.05) is 46.0 Å². The average molecular weight is 391 g/mol. The summed E-state index contributed by atoms with van der Waals surface area (Å²) < 4.78 is 5.58. The molecular weight excluding hydrogens is 356 g/mol. The zero-order chi connectivity index (χ0) is 20.6. The average Bonchev–Trinajstić information content (AvgIpc) is 2.63. The Labute approximate surface area is 168 Å². The molecule has 0 spiro atoms. The number of ether oxygens (including phenoxy) is 1. The van der Waals surface area contributed by atoms with Crippen LogP contribution in [0, 0.1) is 0 Å². The molecule has 0 bridgehead atoms. The molecule has 1 fully saturated rings. The van der Waals surface area contributed by atoms with E-state index >= 15 is 0 Å². The fourth-order valence-corrected chi connectivity index (χ4v) is 2.86. The van der Waals surface area contributed by atoms with Crippen molar-refractivity contribution in [2.75, 3.05) is 37.7 Å². The molecule has 1 aromatic rings. The molecule has 1 unspecified atom stereocenters. The first-order valence-electron chi connectivity index (χ1n) is 9.91. The number of aromatic nitrogens is 1. The maximum Gasteiger partial charge on any atom is 0.239 e. The Morgan fingerprint density at radius 2 is 2.14 bits per heavy atom. The van der Waals surface area contributed by atoms with E-state index in [-0.39, 0.29) is 24.1 Å². The number of guanidine groups is 1. The Bertz CT molecular complexity index is 654. The van der Waals surface area contributed by atoms with Gasteiger partial charge in [-0.1, -0.05) is 6.07 Å². The van der Waals surface area contributed by atoms with Crippen LogP contribution in [-0.4, -0.2) is 61.3 Å². The summed E-state index contributed by atoms with van der Waals surface area (Å²) in [5, 5.41) is 9.14. The predicted octanol–water partition coefficient (Wildman–Crippen LogP) is 1.28. The molecule has 3 N–H and O–H groups in total. The Hall–Kier alpha value is -2.35. The third-order valence-corrected chi connectivity index (χ3v) is 4.07. The lowest BCUT2D eigenvalue weighted by atomic mass is 10.1. The Kier molecular flexibility index (Phi) is 8.04. The van der Waals surface area contributed by atoms with Gasteiger partial charge < -0.3 is 25.6 Å². The van der Waals surface area contributed by atoms with Crippen LogP contribution in [0.3, 0.4) is 0 Å². The summed E-state index contributed by atoms with van der Waals surface area (Å²) in [4.78, 5) is 23.3. The molecule has 2 rings (SSSR count). The maximum absolute atomic E-state index is 12.0. The lowest BCUT2D eigenvalue weighted by molar-refractivity contribution is -0.121. The Morgan fingerprint density at radius 3 is 2.75 bits per heavy atom. The van der Waals surface area contributed by atoms with Crippen molar-refractivity contribution in [1.82, 2.24) is 20.9 Å². The molecule has 1 aliphatic heterocycles. The van der Waals surface area contributed by atoms with E-state index in [0.29, 0.717) is 12.5 Å². The van der Waals surface area contributed by atoms with Crippen LogP contribution in [-0.2, 0) is 16.1 Å². The predicted molar refractivity (Wildman–Crippen MR) is 113 cm³/mol. The zero-order valence-electron chi connectivity index (χ0n) is 17.7. The summed E-state index contributed by atoms with van der Waals surface area (Å²) in [6.45, 7) is 13.8. The summed E-state index contributed by atoms with van der Waals surface area (Å²) in [6, 6.07) is 4.07. The van der Waals surface area contributed by atoms with Crippen molar-refractivity contribution in [3.63, 3.8) is 0 Å². The second kappa shape index (κ2) is 10.3. The normalized spacial score (nSPS) is 18.0. The van der Waals surface area contributed by atoms with E-state index in [2.05, 4.69) is 37.8 Å². The van der Waals surface area contributed by atoms with Gasteiger partial charge in [0.1, 0.15) is 5.82 Å². The molecule has 1 amide bonds. The number of nitrogens with zero attached hydrogens (tertiary/aromatic N) is 3. The number of aliphatic imine (C=N–C) groups is 1. The second-order valence-electron chi connectivity index (χ2n) is 8.00. The van der Waals surface area contributed by atoms with Crippen LogP contribution < -0.4 is 20.9 Å². The highest BCUT2D eigenvalue weighted by molar-refractivity contribution is 5.86. The number of amides is 1. The van der Waals surface area contributed by atoms with Crippen LogP contribution >= 0.6 is 0 Å². The molecule has 156 valence electrons. The van der Waals surface area contributed by atoms with E-state index in [0.717, 1.165) is 37.6 Å². The van der Waals surface area contributed by atoms with Crippen LogP contribution in [0.15, 0.2) is 23.3 Å². The number of morpholine rings is 1. The quantitative estimate of drug-likeness (QED) is 0.501. The van der Waals surface area contributed by atoms with E-state index < -0.39 is 0 Å². The number of hydrogen-bond acceptors (Lipinski definition) is 5. The number of carbonyl (C=O) groups is 1. The molecule has 1 saturated heterocycles. The lowest BCUT2D eigenvalue weighted by Gasteiger charge is -2.32. The van der Waals surface area contributed by atoms with Crippen molar-refractivity contribution in [2.24, 2.45) is 4.99 Å². The highest BCUT2D eigenvalue weighted by atomic mass is 16.5. The fourth-order valence-electron chi connectivity index (χ4n) is 2.86. The van der Waals surface area contributed by atoms with Gasteiger partial charge in [-0.25, -0.2) is 9.98 Å². The van der Waals surface area contributed by atoms with Crippen LogP contribution in [0.4, 0.5) is 5.82 Å². The number of hydrogen-bond donors (Lipinski definition) is 3. The number of nitrogens with one attached hydrogen (secondary N) is 3. The molecule has 8 nitrogen and oxygen atoms in total. The summed E-state index contributed by atoms with van der Waals surface area (Å²) >= 11 is 0. The van der Waals surface area contributed by atoms with Crippen molar-refractivity contribution in [3.05, 3.63) is 23.9 Å². The molecule has 0 saturated carbocycles. The molecule has 0 aliphatic carbocycles. The van der Waals surface area contributed by atoms with Gasteiger partial charge >= 0.3 is 0 Å². The van der Waals surface area contributed by atoms with Crippen LogP contribution in [0.2, 0.25) is 0 Å². The molecule has 8 heteroatoms. The zero-order valence-corrected chi connectivity index (χ0v) is 17.7. The molecular formula is C20H34N6O2. The van der Waals surface area contributed by atoms with Gasteiger partial charge in [0, 0.05) is 31.4 Å². The molecule has 0 radical (unpaired) electrons. The monoisotopic (exact) mass is 390 g/mol. The van der Waals surface area contributed by atoms with Crippen molar-refractivity contribution in [3.8, 4) is 0 Å². The third-order valence-electron chi connectivity index (χ3n) is 4.07. The van der Waals surface area contributed by atoms with Gasteiger partial charge in [-0.15, -0.1) is 0 Å². The molecule has 0 aromatic carbocycles. The minimum absolute atomic E-state index is 0.0659. The smallest absolute Gasteiger partial charge is 0.239 e. The van der Waals surface area contributed by atoms with E-state index in [1.54, 1.807) is 0 Å². The first-order chi connectivity index (χ1) is 13.3. The number of pyridine rings is 1. The molecule has 2 heterocycles. The van der Waals surface area contributed by atoms with Gasteiger partial charge in [-0.3, -0.25) is 4.79 Å². The van der Waals surface area contributed by atoms with Gasteiger partial charge in [0.25, 0.3) is 0 Å². The summed E-state index contributed by atoms with van der Waals surface area (Å²) in [5.41, 5.74) is 0.765. The largest absolute Gasteiger partial charge is 0.375 e. The number of rotatable bonds is 6. The molecule has 1 aromatic heterocycles. The standard InChI is InChI=1S/C20H34N6O2/c1-6-21-19(24-13-18(27)25-20(3,4)5)23-12-16-7-8-17(22-11-16)26-9-10-28-15(2)14-26/h7-8,11,15H,6,9-10,12-14H2,1-5H3,(H,25,27)(H2,21,23,24). The molecule has 1 aliphatic rings. The summed E-state index contributed by atoms with van der Waals surface area (Å²) in [7, 11) is 0. The highest BCUT2D eigenvalue weighted by Gasteiger charge is 2.17. The van der Waals surface area contributed by atoms with Crippen LogP contribution in [0.25, 0.3) is 0 Å². The van der Waals surface area contributed by atoms with Gasteiger partial charge in [-0.2, -0.15) is 0 Å². The first kappa shape index (κ1) is 21.9. The minimum atomic E-state index is -0.250. The van der Waals surface area contributed by atoms with Crippen molar-refractivity contribution in [2.45, 2.75) is 52.8 Å². The topological polar surface area (TPSA) is 90.9 Å². The number of carbonyl (C=O) groups excluding carboxylic acids is 1. The van der Waals surface area contributed by atoms with Gasteiger partial charge in [-0.05, 0) is 46.2 Å². The van der Waals surface area contributed by atoms with Gasteiger partial charge in [0.05, 0.1) is 25.8 Å². The van der Waals surface area contributed by atoms with Crippen molar-refractivity contribution >= 4 is 17.7 Å². The number of anilines is 1.